The highest BCUT2D eigenvalue weighted by atomic mass is 15.0. The zero-order valence-electron chi connectivity index (χ0n) is 13.9. The van der Waals surface area contributed by atoms with Crippen LogP contribution in [0.2, 0.25) is 0 Å². The van der Waals surface area contributed by atoms with Crippen LogP contribution in [-0.2, 0) is 6.42 Å². The van der Waals surface area contributed by atoms with Gasteiger partial charge in [-0.15, -0.1) is 0 Å². The Bertz CT molecular complexity index is 983. The molecule has 3 nitrogen and oxygen atoms in total. The minimum atomic E-state index is 0.759. The zero-order chi connectivity index (χ0) is 16.5. The van der Waals surface area contributed by atoms with Gasteiger partial charge in [-0.3, -0.25) is 4.98 Å². The predicted octanol–water partition coefficient (Wildman–Crippen LogP) is 4.60. The van der Waals surface area contributed by atoms with Crippen molar-refractivity contribution < 1.29 is 0 Å². The molecule has 3 aromatic heterocycles. The summed E-state index contributed by atoms with van der Waals surface area (Å²) in [5, 5.41) is 0. The van der Waals surface area contributed by atoms with E-state index >= 15 is 0 Å². The number of rotatable bonds is 3. The summed E-state index contributed by atoms with van der Waals surface area (Å²) in [7, 11) is 0. The predicted molar refractivity (Wildman–Crippen MR) is 97.1 cm³/mol. The Labute approximate surface area is 141 Å². The number of hydrogen-bond acceptors (Lipinski definition) is 2. The summed E-state index contributed by atoms with van der Waals surface area (Å²) in [5.74, 6) is 0. The molecule has 0 aliphatic carbocycles. The van der Waals surface area contributed by atoms with Crippen LogP contribution in [0.3, 0.4) is 0 Å². The average molecular weight is 313 g/mol. The summed E-state index contributed by atoms with van der Waals surface area (Å²) < 4.78 is 2.19. The van der Waals surface area contributed by atoms with Crippen molar-refractivity contribution in [2.75, 3.05) is 0 Å². The van der Waals surface area contributed by atoms with E-state index in [1.54, 1.807) is 0 Å². The number of benzene rings is 1. The van der Waals surface area contributed by atoms with E-state index in [-0.39, 0.29) is 0 Å². The number of hydrogen-bond donors (Lipinski definition) is 0. The van der Waals surface area contributed by atoms with Crippen molar-refractivity contribution in [2.45, 2.75) is 20.3 Å². The van der Waals surface area contributed by atoms with Crippen LogP contribution >= 0.6 is 0 Å². The SMILES string of the molecule is Cc1ccc(-c2nc3ccc(C)cn3c2Cc2ccccn2)cc1. The highest BCUT2D eigenvalue weighted by Gasteiger charge is 2.15. The summed E-state index contributed by atoms with van der Waals surface area (Å²) in [6, 6.07) is 18.8. The molecule has 0 bridgehead atoms. The number of fused-ring (bicyclic) bond motifs is 1. The minimum absolute atomic E-state index is 0.759. The third-order valence-corrected chi connectivity index (χ3v) is 4.27. The third kappa shape index (κ3) is 2.69. The molecule has 24 heavy (non-hydrogen) atoms. The lowest BCUT2D eigenvalue weighted by molar-refractivity contribution is 0.979. The largest absolute Gasteiger partial charge is 0.303 e. The van der Waals surface area contributed by atoms with Gasteiger partial charge in [-0.25, -0.2) is 4.98 Å². The Hall–Kier alpha value is -2.94. The fourth-order valence-corrected chi connectivity index (χ4v) is 2.99. The quantitative estimate of drug-likeness (QED) is 0.553. The molecule has 1 aromatic carbocycles. The van der Waals surface area contributed by atoms with Crippen molar-refractivity contribution in [3.05, 3.63) is 89.5 Å². The first kappa shape index (κ1) is 14.6. The van der Waals surface area contributed by atoms with Gasteiger partial charge in [0.1, 0.15) is 5.65 Å². The second-order valence-corrected chi connectivity index (χ2v) is 6.21. The highest BCUT2D eigenvalue weighted by Crippen LogP contribution is 2.27. The molecule has 0 amide bonds. The Morgan fingerprint density at radius 2 is 1.67 bits per heavy atom. The molecule has 0 radical (unpaired) electrons. The van der Waals surface area contributed by atoms with Gasteiger partial charge in [-0.2, -0.15) is 0 Å². The van der Waals surface area contributed by atoms with Crippen molar-refractivity contribution in [3.8, 4) is 11.3 Å². The molecule has 0 saturated carbocycles. The second kappa shape index (κ2) is 5.93. The first-order valence-electron chi connectivity index (χ1n) is 8.15. The summed E-state index contributed by atoms with van der Waals surface area (Å²) in [4.78, 5) is 9.38. The van der Waals surface area contributed by atoms with Gasteiger partial charge in [-0.05, 0) is 37.6 Å². The van der Waals surface area contributed by atoms with Gasteiger partial charge < -0.3 is 4.40 Å². The molecule has 3 heteroatoms. The van der Waals surface area contributed by atoms with E-state index in [1.165, 1.54) is 16.8 Å². The summed E-state index contributed by atoms with van der Waals surface area (Å²) in [5.41, 5.74) is 7.86. The molecule has 0 atom stereocenters. The van der Waals surface area contributed by atoms with E-state index in [9.17, 15) is 0 Å². The van der Waals surface area contributed by atoms with Gasteiger partial charge >= 0.3 is 0 Å². The van der Waals surface area contributed by atoms with E-state index < -0.39 is 0 Å². The monoisotopic (exact) mass is 313 g/mol. The lowest BCUT2D eigenvalue weighted by Gasteiger charge is -2.06. The van der Waals surface area contributed by atoms with Gasteiger partial charge in [-0.1, -0.05) is 42.0 Å². The van der Waals surface area contributed by atoms with Crippen molar-refractivity contribution in [2.24, 2.45) is 0 Å². The van der Waals surface area contributed by atoms with Crippen molar-refractivity contribution in [1.29, 1.82) is 0 Å². The number of aryl methyl sites for hydroxylation is 2. The van der Waals surface area contributed by atoms with Crippen molar-refractivity contribution in [3.63, 3.8) is 0 Å². The zero-order valence-corrected chi connectivity index (χ0v) is 13.9. The summed E-state index contributed by atoms with van der Waals surface area (Å²) >= 11 is 0. The molecule has 0 aliphatic heterocycles. The van der Waals surface area contributed by atoms with Gasteiger partial charge in [0.2, 0.25) is 0 Å². The van der Waals surface area contributed by atoms with Crippen LogP contribution in [0.5, 0.6) is 0 Å². The maximum atomic E-state index is 4.89. The van der Waals surface area contributed by atoms with Gasteiger partial charge in [0.25, 0.3) is 0 Å². The number of aromatic nitrogens is 3. The molecule has 118 valence electrons. The van der Waals surface area contributed by atoms with E-state index in [2.05, 4.69) is 71.9 Å². The van der Waals surface area contributed by atoms with E-state index in [0.717, 1.165) is 29.0 Å². The molecule has 0 spiro atoms. The maximum absolute atomic E-state index is 4.89. The molecule has 0 saturated heterocycles. The molecule has 0 aliphatic rings. The molecular weight excluding hydrogens is 294 g/mol. The summed E-state index contributed by atoms with van der Waals surface area (Å²) in [6.07, 6.45) is 4.75. The number of pyridine rings is 2. The Balaban J connectivity index is 1.91. The molecule has 0 unspecified atom stereocenters. The van der Waals surface area contributed by atoms with Gasteiger partial charge in [0.05, 0.1) is 11.4 Å². The van der Waals surface area contributed by atoms with Crippen molar-refractivity contribution in [1.82, 2.24) is 14.4 Å². The van der Waals surface area contributed by atoms with E-state index in [1.807, 2.05) is 18.3 Å². The number of nitrogens with zero attached hydrogens (tertiary/aromatic N) is 3. The van der Waals surface area contributed by atoms with Crippen LogP contribution in [-0.4, -0.2) is 14.4 Å². The first-order valence-corrected chi connectivity index (χ1v) is 8.15. The first-order chi connectivity index (χ1) is 11.7. The maximum Gasteiger partial charge on any atom is 0.137 e. The van der Waals surface area contributed by atoms with Crippen LogP contribution in [0, 0.1) is 13.8 Å². The lowest BCUT2D eigenvalue weighted by atomic mass is 10.1. The molecule has 3 heterocycles. The highest BCUT2D eigenvalue weighted by molar-refractivity contribution is 5.67. The molecule has 0 fully saturated rings. The number of imidazole rings is 1. The fourth-order valence-electron chi connectivity index (χ4n) is 2.99. The Morgan fingerprint density at radius 1 is 0.875 bits per heavy atom. The smallest absolute Gasteiger partial charge is 0.137 e. The Morgan fingerprint density at radius 3 is 2.42 bits per heavy atom. The normalized spacial score (nSPS) is 11.1. The van der Waals surface area contributed by atoms with Crippen LogP contribution in [0.15, 0.2) is 67.0 Å². The van der Waals surface area contributed by atoms with Gasteiger partial charge in [0.15, 0.2) is 0 Å². The van der Waals surface area contributed by atoms with E-state index in [4.69, 9.17) is 4.98 Å². The standard InChI is InChI=1S/C21H19N3/c1-15-6-9-17(10-7-15)21-19(13-18-5-3-4-12-22-18)24-14-16(2)8-11-20(24)23-21/h3-12,14H,13H2,1-2H3. The van der Waals surface area contributed by atoms with Crippen molar-refractivity contribution >= 4 is 5.65 Å². The second-order valence-electron chi connectivity index (χ2n) is 6.21. The topological polar surface area (TPSA) is 30.2 Å². The minimum Gasteiger partial charge on any atom is -0.303 e. The fraction of sp³-hybridized carbons (Fsp3) is 0.143. The van der Waals surface area contributed by atoms with Gasteiger partial charge in [0, 0.05) is 30.1 Å². The van der Waals surface area contributed by atoms with Crippen LogP contribution in [0.25, 0.3) is 16.9 Å². The van der Waals surface area contributed by atoms with Crippen LogP contribution in [0.4, 0.5) is 0 Å². The van der Waals surface area contributed by atoms with E-state index in [0.29, 0.717) is 0 Å². The Kier molecular flexibility index (Phi) is 3.62. The lowest BCUT2D eigenvalue weighted by Crippen LogP contribution is -1.98. The molecule has 4 rings (SSSR count). The van der Waals surface area contributed by atoms with Crippen LogP contribution < -0.4 is 0 Å². The molecule has 4 aromatic rings. The summed E-state index contributed by atoms with van der Waals surface area (Å²) in [6.45, 7) is 4.21. The third-order valence-electron chi connectivity index (χ3n) is 4.27. The van der Waals surface area contributed by atoms with Crippen LogP contribution in [0.1, 0.15) is 22.5 Å². The molecular formula is C21H19N3. The average Bonchev–Trinajstić information content (AvgIpc) is 2.94. The molecule has 0 N–H and O–H groups in total.